The maximum Gasteiger partial charge on any atom is 0.334 e. The zero-order valence-electron chi connectivity index (χ0n) is 29.5. The van der Waals surface area contributed by atoms with Crippen molar-refractivity contribution in [3.05, 3.63) is 119 Å². The summed E-state index contributed by atoms with van der Waals surface area (Å²) in [5, 5.41) is 0. The molecule has 4 atom stereocenters. The third-order valence-corrected chi connectivity index (χ3v) is 11.7. The SMILES string of the molecule is C=C(C)C(=O)OC1(C2CCOC2)c2ccccc2Sc2ccc(-c3ccc4c(c3)C(OC(=O)C(C)(C)C)(C3CCOC3)c3ccccc3O4)cc21. The molecule has 4 aromatic carbocycles. The largest absolute Gasteiger partial charge is 0.456 e. The lowest BCUT2D eigenvalue weighted by atomic mass is 9.72. The average molecular weight is 703 g/mol. The number of ether oxygens (including phenoxy) is 5. The Kier molecular flexibility index (Phi) is 8.40. The van der Waals surface area contributed by atoms with Gasteiger partial charge >= 0.3 is 11.9 Å². The van der Waals surface area contributed by atoms with Gasteiger partial charge < -0.3 is 23.7 Å². The summed E-state index contributed by atoms with van der Waals surface area (Å²) in [6.07, 6.45) is 1.47. The monoisotopic (exact) mass is 702 g/mol. The Morgan fingerprint density at radius 1 is 0.725 bits per heavy atom. The molecule has 4 aliphatic rings. The van der Waals surface area contributed by atoms with E-state index in [1.54, 1.807) is 18.7 Å². The Morgan fingerprint density at radius 2 is 1.29 bits per heavy atom. The molecule has 4 heterocycles. The van der Waals surface area contributed by atoms with Crippen LogP contribution in [0.5, 0.6) is 11.5 Å². The summed E-state index contributed by atoms with van der Waals surface area (Å²) >= 11 is 1.68. The van der Waals surface area contributed by atoms with Crippen LogP contribution in [0.3, 0.4) is 0 Å². The zero-order chi connectivity index (χ0) is 35.5. The number of carbonyl (C=O) groups excluding carboxylic acids is 2. The van der Waals surface area contributed by atoms with E-state index < -0.39 is 22.6 Å². The minimum atomic E-state index is -1.13. The highest BCUT2D eigenvalue weighted by Crippen LogP contribution is 2.58. The predicted octanol–water partition coefficient (Wildman–Crippen LogP) is 9.19. The summed E-state index contributed by atoms with van der Waals surface area (Å²) in [4.78, 5) is 29.5. The molecule has 0 radical (unpaired) electrons. The highest BCUT2D eigenvalue weighted by molar-refractivity contribution is 7.99. The number of carbonyl (C=O) groups is 2. The van der Waals surface area contributed by atoms with Crippen molar-refractivity contribution in [2.75, 3.05) is 26.4 Å². The van der Waals surface area contributed by atoms with Gasteiger partial charge in [0.25, 0.3) is 0 Å². The first-order chi connectivity index (χ1) is 24.5. The van der Waals surface area contributed by atoms with E-state index in [9.17, 15) is 9.59 Å². The molecule has 8 heteroatoms. The van der Waals surface area contributed by atoms with Crippen molar-refractivity contribution in [2.45, 2.75) is 61.5 Å². The molecular weight excluding hydrogens is 661 g/mol. The molecule has 262 valence electrons. The van der Waals surface area contributed by atoms with Gasteiger partial charge in [0, 0.05) is 62.7 Å². The van der Waals surface area contributed by atoms with Crippen LogP contribution in [0, 0.1) is 17.3 Å². The number of esters is 2. The Morgan fingerprint density at radius 3 is 1.94 bits per heavy atom. The van der Waals surface area contributed by atoms with Crippen LogP contribution >= 0.6 is 11.8 Å². The minimum Gasteiger partial charge on any atom is -0.456 e. The quantitative estimate of drug-likeness (QED) is 0.145. The Balaban J connectivity index is 1.33. The molecule has 4 aromatic rings. The number of para-hydroxylation sites is 1. The number of hydrogen-bond donors (Lipinski definition) is 0. The molecule has 0 amide bonds. The van der Waals surface area contributed by atoms with Gasteiger partial charge in [-0.1, -0.05) is 66.9 Å². The summed E-state index contributed by atoms with van der Waals surface area (Å²) < 4.78 is 31.9. The van der Waals surface area contributed by atoms with E-state index in [4.69, 9.17) is 23.7 Å². The van der Waals surface area contributed by atoms with Crippen LogP contribution in [-0.4, -0.2) is 38.4 Å². The molecule has 8 rings (SSSR count). The summed E-state index contributed by atoms with van der Waals surface area (Å²) in [6, 6.07) is 28.5. The van der Waals surface area contributed by atoms with Crippen molar-refractivity contribution in [1.29, 1.82) is 0 Å². The number of benzene rings is 4. The Hall–Kier alpha value is -4.37. The summed E-state index contributed by atoms with van der Waals surface area (Å²) in [5.41, 5.74) is 2.71. The fraction of sp³-hybridized carbons (Fsp3) is 0.349. The second-order valence-corrected chi connectivity index (χ2v) is 16.1. The second kappa shape index (κ2) is 12.7. The van der Waals surface area contributed by atoms with E-state index in [1.807, 2.05) is 69.3 Å². The zero-order valence-corrected chi connectivity index (χ0v) is 30.3. The number of rotatable bonds is 6. The summed E-state index contributed by atoms with van der Waals surface area (Å²) in [6.45, 7) is 13.3. The molecule has 0 saturated carbocycles. The van der Waals surface area contributed by atoms with Gasteiger partial charge in [-0.2, -0.15) is 0 Å². The molecule has 0 aliphatic carbocycles. The van der Waals surface area contributed by atoms with Crippen LogP contribution in [0.15, 0.2) is 107 Å². The molecule has 2 saturated heterocycles. The maximum atomic E-state index is 13.9. The van der Waals surface area contributed by atoms with Gasteiger partial charge in [-0.05, 0) is 88.1 Å². The molecular formula is C43H42O7S. The molecule has 4 unspecified atom stereocenters. The van der Waals surface area contributed by atoms with Gasteiger partial charge in [-0.25, -0.2) is 4.79 Å². The van der Waals surface area contributed by atoms with Crippen molar-refractivity contribution < 1.29 is 33.3 Å². The Bertz CT molecular complexity index is 2050. The topological polar surface area (TPSA) is 80.3 Å². The van der Waals surface area contributed by atoms with Crippen LogP contribution in [0.1, 0.15) is 62.8 Å². The summed E-state index contributed by atoms with van der Waals surface area (Å²) in [7, 11) is 0. The van der Waals surface area contributed by atoms with Crippen LogP contribution < -0.4 is 4.74 Å². The lowest BCUT2D eigenvalue weighted by molar-refractivity contribution is -0.173. The lowest BCUT2D eigenvalue weighted by Gasteiger charge is -2.44. The smallest absolute Gasteiger partial charge is 0.334 e. The van der Waals surface area contributed by atoms with Gasteiger partial charge in [0.2, 0.25) is 0 Å². The fourth-order valence-electron chi connectivity index (χ4n) is 7.94. The molecule has 4 aliphatic heterocycles. The molecule has 51 heavy (non-hydrogen) atoms. The first kappa shape index (κ1) is 33.8. The average Bonchev–Trinajstić information content (AvgIpc) is 3.87. The van der Waals surface area contributed by atoms with Gasteiger partial charge in [-0.3, -0.25) is 4.79 Å². The third-order valence-electron chi connectivity index (χ3n) is 10.6. The highest BCUT2D eigenvalue weighted by Gasteiger charge is 2.55. The van der Waals surface area contributed by atoms with Crippen LogP contribution in [0.25, 0.3) is 11.1 Å². The van der Waals surface area contributed by atoms with Crippen molar-refractivity contribution in [3.8, 4) is 22.6 Å². The van der Waals surface area contributed by atoms with E-state index in [-0.39, 0.29) is 17.8 Å². The van der Waals surface area contributed by atoms with Crippen LogP contribution in [0.2, 0.25) is 0 Å². The van der Waals surface area contributed by atoms with Crippen molar-refractivity contribution in [2.24, 2.45) is 17.3 Å². The first-order valence-electron chi connectivity index (χ1n) is 17.6. The Labute approximate surface area is 303 Å². The molecule has 0 aromatic heterocycles. The normalized spacial score (nSPS) is 24.7. The van der Waals surface area contributed by atoms with Crippen LogP contribution in [-0.2, 0) is 39.7 Å². The van der Waals surface area contributed by atoms with Crippen LogP contribution in [0.4, 0.5) is 0 Å². The van der Waals surface area contributed by atoms with Gasteiger partial charge in [0.1, 0.15) is 11.5 Å². The summed E-state index contributed by atoms with van der Waals surface area (Å²) in [5.74, 6) is 0.344. The van der Waals surface area contributed by atoms with E-state index in [0.717, 1.165) is 56.0 Å². The molecule has 0 spiro atoms. The molecule has 2 fully saturated rings. The first-order valence-corrected chi connectivity index (χ1v) is 18.5. The van der Waals surface area contributed by atoms with Gasteiger partial charge in [-0.15, -0.1) is 0 Å². The van der Waals surface area contributed by atoms with E-state index in [1.165, 1.54) is 0 Å². The number of fused-ring (bicyclic) bond motifs is 4. The van der Waals surface area contributed by atoms with E-state index in [2.05, 4.69) is 43.0 Å². The van der Waals surface area contributed by atoms with Crippen molar-refractivity contribution in [1.82, 2.24) is 0 Å². The van der Waals surface area contributed by atoms with E-state index in [0.29, 0.717) is 43.5 Å². The van der Waals surface area contributed by atoms with Crippen molar-refractivity contribution >= 4 is 23.7 Å². The maximum absolute atomic E-state index is 13.9. The van der Waals surface area contributed by atoms with Crippen molar-refractivity contribution in [3.63, 3.8) is 0 Å². The van der Waals surface area contributed by atoms with Gasteiger partial charge in [0.05, 0.1) is 18.6 Å². The van der Waals surface area contributed by atoms with Gasteiger partial charge in [0.15, 0.2) is 11.2 Å². The highest BCUT2D eigenvalue weighted by atomic mass is 32.2. The molecule has 0 N–H and O–H groups in total. The molecule has 0 bridgehead atoms. The predicted molar refractivity (Wildman–Crippen MR) is 195 cm³/mol. The molecule has 7 nitrogen and oxygen atoms in total. The minimum absolute atomic E-state index is 0.0999. The number of hydrogen-bond acceptors (Lipinski definition) is 8. The standard InChI is InChI=1S/C43H42O7S/c1-26(2)39(44)49-43(30-19-21-47-25-30)32-11-7-9-13-37(32)51-38-17-15-28(23-34(38)43)27-14-16-36-33(22-27)42(29-18-20-46-24-29,50-40(45)41(3,4)5)31-10-6-8-12-35(31)48-36/h6-17,22-23,29-30H,1,18-21,24-25H2,2-5H3. The fourth-order valence-corrected chi connectivity index (χ4v) is 9.11. The lowest BCUT2D eigenvalue weighted by Crippen LogP contribution is -2.45. The second-order valence-electron chi connectivity index (χ2n) is 15.0. The van der Waals surface area contributed by atoms with E-state index >= 15 is 0 Å². The third kappa shape index (κ3) is 5.50.